The normalized spacial score (nSPS) is 25.1. The minimum atomic E-state index is -0.790. The summed E-state index contributed by atoms with van der Waals surface area (Å²) in [6.45, 7) is 16.6. The molecule has 4 fully saturated rings. The molecule has 4 aliphatic rings. The molecule has 7 rings (SSSR count). The number of hydrogen-bond donors (Lipinski definition) is 1. The Hall–Kier alpha value is -5.16. The van der Waals surface area contributed by atoms with Crippen molar-refractivity contribution in [2.75, 3.05) is 51.4 Å². The van der Waals surface area contributed by atoms with E-state index < -0.39 is 17.8 Å². The predicted molar refractivity (Wildman–Crippen MR) is 236 cm³/mol. The number of hydrogen-bond acceptors (Lipinski definition) is 11. The first-order valence-corrected chi connectivity index (χ1v) is 22.2. The molecule has 13 heteroatoms. The molecule has 0 aromatic heterocycles. The van der Waals surface area contributed by atoms with Crippen LogP contribution >= 0.6 is 0 Å². The molecule has 336 valence electrons. The fraction of sp³-hybridized carbons (Fsp3) is 0.540. The van der Waals surface area contributed by atoms with Crippen LogP contribution in [0.2, 0.25) is 0 Å². The minimum absolute atomic E-state index is 0.0515. The molecule has 3 aromatic carbocycles. The molecule has 1 aliphatic heterocycles. The number of halogens is 1. The molecule has 1 N–H and O–H groups in total. The summed E-state index contributed by atoms with van der Waals surface area (Å²) >= 11 is 0. The monoisotopic (exact) mass is 864 g/mol. The number of carbonyl (C=O) groups excluding carboxylic acids is 4. The number of ether oxygens (including phenoxy) is 4. The number of nitrogens with one attached hydrogen (secondary N) is 1. The molecule has 1 amide bonds. The Morgan fingerprint density at radius 2 is 1.68 bits per heavy atom. The zero-order valence-electron chi connectivity index (χ0n) is 37.6. The molecule has 0 bridgehead atoms. The van der Waals surface area contributed by atoms with Crippen LogP contribution in [0, 0.1) is 47.7 Å². The van der Waals surface area contributed by atoms with Crippen molar-refractivity contribution in [2.24, 2.45) is 16.7 Å². The first-order chi connectivity index (χ1) is 30.0. The zero-order valence-corrected chi connectivity index (χ0v) is 37.6. The molecule has 3 aliphatic carbocycles. The Balaban J connectivity index is 0.895. The van der Waals surface area contributed by atoms with Gasteiger partial charge in [-0.2, -0.15) is 5.26 Å². The van der Waals surface area contributed by atoms with Gasteiger partial charge in [0.15, 0.2) is 11.6 Å². The number of Topliss-reactive ketones (excluding diaryl/α,β-unsaturated/α-hetero) is 3. The second-order valence-corrected chi connectivity index (χ2v) is 19.1. The number of methoxy groups -OCH3 is 1. The van der Waals surface area contributed by atoms with Gasteiger partial charge in [-0.15, -0.1) is 0 Å². The van der Waals surface area contributed by atoms with E-state index in [1.54, 1.807) is 13.2 Å². The number of nitrogens with zero attached hydrogens (tertiary/aromatic N) is 3. The van der Waals surface area contributed by atoms with E-state index >= 15 is 4.39 Å². The third kappa shape index (κ3) is 9.99. The summed E-state index contributed by atoms with van der Waals surface area (Å²) < 4.78 is 39.5. The van der Waals surface area contributed by atoms with Crippen LogP contribution in [0.15, 0.2) is 54.6 Å². The standard InChI is InChI=1S/C50H61FN4O8/c1-30-20-37(21-31(2)41(30)27-52)63-48-49(3,4)46(50(48,5)6)26-44(57)32-8-10-33(11-9-32)54-17-19-61-39(28-54)29-55(16-18-60-7)34-22-38(23-34)62-36-13-14-40(42(51)25-36)47(59)53-43-15-12-35(56)24-45(43)58/h8-11,13-14,20-21,25,34,38-39,43,46,48H,12,15-19,22-24,26,28-29H2,1-7H3,(H,53,59)/t34?,38?,39-,43-,46?,48?/m1/s1. The van der Waals surface area contributed by atoms with E-state index in [9.17, 15) is 24.4 Å². The first kappa shape index (κ1) is 45.9. The number of ketones is 3. The lowest BCUT2D eigenvalue weighted by Crippen LogP contribution is -2.66. The highest BCUT2D eigenvalue weighted by Crippen LogP contribution is 2.62. The number of rotatable bonds is 16. The summed E-state index contributed by atoms with van der Waals surface area (Å²) in [6.07, 6.45) is 1.85. The second kappa shape index (κ2) is 18.9. The van der Waals surface area contributed by atoms with Crippen LogP contribution in [0.5, 0.6) is 11.5 Å². The fourth-order valence-electron chi connectivity index (χ4n) is 10.6. The Kier molecular flexibility index (Phi) is 13.8. The SMILES string of the molecule is COCCN(C[C@H]1CN(c2ccc(C(=O)CC3C(C)(C)C(Oc4cc(C)c(C#N)c(C)c4)C3(C)C)cc2)CCO1)C1CC(Oc2ccc(C(=O)N[C@@H]3CCC(=O)CC3=O)c(F)c2)C1. The Labute approximate surface area is 370 Å². The van der Waals surface area contributed by atoms with Gasteiger partial charge >= 0.3 is 0 Å². The molecule has 3 saturated carbocycles. The van der Waals surface area contributed by atoms with Crippen LogP contribution in [-0.4, -0.2) is 105 Å². The van der Waals surface area contributed by atoms with Gasteiger partial charge in [0.25, 0.3) is 5.91 Å². The van der Waals surface area contributed by atoms with Crippen LogP contribution in [0.4, 0.5) is 10.1 Å². The molecule has 2 atom stereocenters. The summed E-state index contributed by atoms with van der Waals surface area (Å²) in [6, 6.07) is 17.7. The highest BCUT2D eigenvalue weighted by atomic mass is 19.1. The number of carbonyl (C=O) groups is 4. The van der Waals surface area contributed by atoms with E-state index in [1.165, 1.54) is 12.1 Å². The van der Waals surface area contributed by atoms with Gasteiger partial charge in [0.1, 0.15) is 35.3 Å². The van der Waals surface area contributed by atoms with Crippen molar-refractivity contribution in [2.45, 2.75) is 110 Å². The molecule has 0 unspecified atom stereocenters. The van der Waals surface area contributed by atoms with E-state index in [0.717, 1.165) is 48.5 Å². The third-order valence-corrected chi connectivity index (χ3v) is 14.0. The van der Waals surface area contributed by atoms with E-state index in [4.69, 9.17) is 18.9 Å². The quantitative estimate of drug-likeness (QED) is 0.115. The van der Waals surface area contributed by atoms with E-state index in [-0.39, 0.29) is 83.3 Å². The fourth-order valence-corrected chi connectivity index (χ4v) is 10.6. The van der Waals surface area contributed by atoms with Gasteiger partial charge in [0, 0.05) is 93.2 Å². The maximum atomic E-state index is 15.1. The van der Waals surface area contributed by atoms with Gasteiger partial charge in [-0.05, 0) is 85.8 Å². The van der Waals surface area contributed by atoms with Crippen molar-refractivity contribution in [3.05, 3.63) is 88.2 Å². The van der Waals surface area contributed by atoms with Gasteiger partial charge in [0.05, 0.1) is 49.0 Å². The number of anilines is 1. The van der Waals surface area contributed by atoms with Crippen molar-refractivity contribution in [1.29, 1.82) is 5.26 Å². The van der Waals surface area contributed by atoms with Crippen molar-refractivity contribution >= 4 is 28.9 Å². The third-order valence-electron chi connectivity index (χ3n) is 14.0. The summed E-state index contributed by atoms with van der Waals surface area (Å²) in [4.78, 5) is 54.9. The largest absolute Gasteiger partial charge is 0.490 e. The first-order valence-electron chi connectivity index (χ1n) is 22.2. The summed E-state index contributed by atoms with van der Waals surface area (Å²) in [5.41, 5.74) is 3.56. The summed E-state index contributed by atoms with van der Waals surface area (Å²) in [7, 11) is 1.68. The van der Waals surface area contributed by atoms with Crippen molar-refractivity contribution in [3.63, 3.8) is 0 Å². The number of benzene rings is 3. The van der Waals surface area contributed by atoms with E-state index in [0.29, 0.717) is 49.6 Å². The molecule has 0 spiro atoms. The summed E-state index contributed by atoms with van der Waals surface area (Å²) in [5, 5.41) is 12.1. The van der Waals surface area contributed by atoms with Crippen molar-refractivity contribution < 1.29 is 42.5 Å². The molecular formula is C50H61FN4O8. The topological polar surface area (TPSA) is 148 Å². The van der Waals surface area contributed by atoms with Gasteiger partial charge in [-0.1, -0.05) is 27.7 Å². The smallest absolute Gasteiger partial charge is 0.254 e. The minimum Gasteiger partial charge on any atom is -0.490 e. The second-order valence-electron chi connectivity index (χ2n) is 19.1. The maximum absolute atomic E-state index is 15.1. The lowest BCUT2D eigenvalue weighted by molar-refractivity contribution is -0.196. The van der Waals surface area contributed by atoms with Gasteiger partial charge in [-0.25, -0.2) is 4.39 Å². The van der Waals surface area contributed by atoms with Crippen LogP contribution in [0.25, 0.3) is 0 Å². The lowest BCUT2D eigenvalue weighted by atomic mass is 9.44. The average molecular weight is 865 g/mol. The lowest BCUT2D eigenvalue weighted by Gasteiger charge is -2.63. The highest BCUT2D eigenvalue weighted by molar-refractivity contribution is 6.06. The van der Waals surface area contributed by atoms with Gasteiger partial charge in [0.2, 0.25) is 0 Å². The molecule has 63 heavy (non-hydrogen) atoms. The van der Waals surface area contributed by atoms with Gasteiger partial charge < -0.3 is 29.2 Å². The van der Waals surface area contributed by atoms with E-state index in [1.807, 2.05) is 50.2 Å². The summed E-state index contributed by atoms with van der Waals surface area (Å²) in [5.74, 6) is -0.616. The molecule has 3 aromatic rings. The van der Waals surface area contributed by atoms with Crippen LogP contribution < -0.4 is 19.7 Å². The number of amides is 1. The molecule has 1 saturated heterocycles. The number of nitriles is 1. The van der Waals surface area contributed by atoms with Gasteiger partial charge in [-0.3, -0.25) is 24.1 Å². The van der Waals surface area contributed by atoms with Crippen LogP contribution in [-0.2, 0) is 19.1 Å². The Bertz CT molecular complexity index is 2210. The Morgan fingerprint density at radius 3 is 2.32 bits per heavy atom. The molecule has 12 nitrogen and oxygen atoms in total. The van der Waals surface area contributed by atoms with Crippen molar-refractivity contribution in [1.82, 2.24) is 10.2 Å². The van der Waals surface area contributed by atoms with E-state index in [2.05, 4.69) is 48.9 Å². The average Bonchev–Trinajstić information content (AvgIpc) is 3.22. The van der Waals surface area contributed by atoms with Crippen LogP contribution in [0.3, 0.4) is 0 Å². The number of aryl methyl sites for hydroxylation is 2. The maximum Gasteiger partial charge on any atom is 0.254 e. The Morgan fingerprint density at radius 1 is 0.984 bits per heavy atom. The number of morpholine rings is 1. The van der Waals surface area contributed by atoms with Crippen LogP contribution in [0.1, 0.15) is 104 Å². The zero-order chi connectivity index (χ0) is 45.2. The molecular weight excluding hydrogens is 804 g/mol. The predicted octanol–water partition coefficient (Wildman–Crippen LogP) is 7.20. The van der Waals surface area contributed by atoms with Crippen molar-refractivity contribution in [3.8, 4) is 17.6 Å². The highest BCUT2D eigenvalue weighted by Gasteiger charge is 2.63. The molecule has 1 heterocycles. The molecule has 0 radical (unpaired) electrons.